The molecule has 0 amide bonds. The Morgan fingerprint density at radius 2 is 2.00 bits per heavy atom. The van der Waals surface area contributed by atoms with E-state index in [9.17, 15) is 0 Å². The van der Waals surface area contributed by atoms with Crippen LogP contribution >= 0.6 is 15.9 Å². The molecule has 6 heteroatoms. The molecule has 88 valence electrons. The van der Waals surface area contributed by atoms with Gasteiger partial charge in [-0.05, 0) is 35.8 Å². The second-order valence-electron chi connectivity index (χ2n) is 3.57. The molecule has 2 rings (SSSR count). The van der Waals surface area contributed by atoms with Crippen molar-refractivity contribution in [1.29, 1.82) is 0 Å². The number of aryl methyl sites for hydroxylation is 2. The third kappa shape index (κ3) is 3.45. The summed E-state index contributed by atoms with van der Waals surface area (Å²) < 4.78 is 0.770. The van der Waals surface area contributed by atoms with Gasteiger partial charge in [-0.1, -0.05) is 0 Å². The topological polar surface area (TPSA) is 63.6 Å². The first-order chi connectivity index (χ1) is 8.13. The maximum absolute atomic E-state index is 4.30. The largest absolute Gasteiger partial charge is 0.364 e. The van der Waals surface area contributed by atoms with Crippen molar-refractivity contribution in [3.05, 3.63) is 40.3 Å². The smallest absolute Gasteiger partial charge is 0.131 e. The third-order valence-corrected chi connectivity index (χ3v) is 2.50. The second kappa shape index (κ2) is 5.18. The van der Waals surface area contributed by atoms with Crippen molar-refractivity contribution in [3.8, 4) is 0 Å². The fourth-order valence-electron chi connectivity index (χ4n) is 1.41. The van der Waals surface area contributed by atoms with Crippen LogP contribution in [-0.4, -0.2) is 19.9 Å². The number of halogens is 1. The van der Waals surface area contributed by atoms with Crippen LogP contribution in [-0.2, 0) is 6.54 Å². The van der Waals surface area contributed by atoms with Gasteiger partial charge in [0.05, 0.1) is 12.2 Å². The predicted octanol–water partition coefficient (Wildman–Crippen LogP) is 2.26. The molecule has 0 saturated heterocycles. The van der Waals surface area contributed by atoms with Gasteiger partial charge in [-0.3, -0.25) is 0 Å². The fraction of sp³-hybridized carbons (Fsp3) is 0.273. The van der Waals surface area contributed by atoms with Gasteiger partial charge >= 0.3 is 0 Å². The number of nitrogens with zero attached hydrogens (tertiary/aromatic N) is 4. The summed E-state index contributed by atoms with van der Waals surface area (Å²) in [4.78, 5) is 16.8. The summed E-state index contributed by atoms with van der Waals surface area (Å²) >= 11 is 3.33. The molecule has 0 saturated carbocycles. The molecule has 0 aliphatic rings. The van der Waals surface area contributed by atoms with Gasteiger partial charge in [-0.15, -0.1) is 0 Å². The molecule has 2 heterocycles. The van der Waals surface area contributed by atoms with E-state index in [1.54, 1.807) is 6.20 Å². The first-order valence-electron chi connectivity index (χ1n) is 5.17. The van der Waals surface area contributed by atoms with Gasteiger partial charge in [0.1, 0.15) is 22.1 Å². The molecule has 0 aromatic carbocycles. The maximum atomic E-state index is 4.30. The molecule has 0 bridgehead atoms. The van der Waals surface area contributed by atoms with E-state index >= 15 is 0 Å². The van der Waals surface area contributed by atoms with E-state index in [4.69, 9.17) is 0 Å². The molecule has 0 fully saturated rings. The Balaban J connectivity index is 2.07. The lowest BCUT2D eigenvalue weighted by atomic mass is 10.4. The minimum atomic E-state index is 0.617. The van der Waals surface area contributed by atoms with E-state index in [0.717, 1.165) is 27.8 Å². The highest BCUT2D eigenvalue weighted by molar-refractivity contribution is 9.10. The van der Waals surface area contributed by atoms with E-state index in [0.29, 0.717) is 6.54 Å². The van der Waals surface area contributed by atoms with Crippen LogP contribution in [0.2, 0.25) is 0 Å². The molecular formula is C11H12BrN5. The molecule has 2 aromatic heterocycles. The average Bonchev–Trinajstić information content (AvgIpc) is 2.25. The van der Waals surface area contributed by atoms with Crippen molar-refractivity contribution in [2.24, 2.45) is 0 Å². The van der Waals surface area contributed by atoms with Gasteiger partial charge in [-0.25, -0.2) is 19.9 Å². The van der Waals surface area contributed by atoms with Crippen LogP contribution in [0.5, 0.6) is 0 Å². The van der Waals surface area contributed by atoms with Crippen molar-refractivity contribution in [3.63, 3.8) is 0 Å². The van der Waals surface area contributed by atoms with E-state index in [2.05, 4.69) is 41.2 Å². The molecule has 0 unspecified atom stereocenters. The summed E-state index contributed by atoms with van der Waals surface area (Å²) in [7, 11) is 0. The molecular weight excluding hydrogens is 282 g/mol. The van der Waals surface area contributed by atoms with Crippen LogP contribution in [0, 0.1) is 13.8 Å². The van der Waals surface area contributed by atoms with Crippen molar-refractivity contribution in [2.75, 3.05) is 5.32 Å². The summed E-state index contributed by atoms with van der Waals surface area (Å²) in [6.07, 6.45) is 1.75. The van der Waals surface area contributed by atoms with Gasteiger partial charge in [0.25, 0.3) is 0 Å². The fourth-order valence-corrected chi connectivity index (χ4v) is 1.88. The van der Waals surface area contributed by atoms with Crippen molar-refractivity contribution in [1.82, 2.24) is 19.9 Å². The summed E-state index contributed by atoms with van der Waals surface area (Å²) in [5.41, 5.74) is 0.935. The Bertz CT molecular complexity index is 509. The molecule has 2 aromatic rings. The second-order valence-corrected chi connectivity index (χ2v) is 4.38. The summed E-state index contributed by atoms with van der Waals surface area (Å²) in [6, 6.07) is 3.71. The Labute approximate surface area is 108 Å². The summed E-state index contributed by atoms with van der Waals surface area (Å²) in [5, 5.41) is 3.20. The van der Waals surface area contributed by atoms with Gasteiger partial charge in [-0.2, -0.15) is 0 Å². The standard InChI is InChI=1S/C11H12BrN5/c1-7-13-4-3-9(15-7)6-14-11-5-10(12)16-8(2)17-11/h3-5H,6H2,1-2H3,(H,14,16,17). The zero-order chi connectivity index (χ0) is 12.3. The van der Waals surface area contributed by atoms with Crippen molar-refractivity contribution < 1.29 is 0 Å². The number of aromatic nitrogens is 4. The highest BCUT2D eigenvalue weighted by atomic mass is 79.9. The van der Waals surface area contributed by atoms with Gasteiger partial charge < -0.3 is 5.32 Å². The lowest BCUT2D eigenvalue weighted by molar-refractivity contribution is 0.940. The zero-order valence-corrected chi connectivity index (χ0v) is 11.2. The van der Waals surface area contributed by atoms with Crippen LogP contribution in [0.25, 0.3) is 0 Å². The first kappa shape index (κ1) is 11.9. The molecule has 0 radical (unpaired) electrons. The molecule has 0 atom stereocenters. The molecule has 17 heavy (non-hydrogen) atoms. The minimum absolute atomic E-state index is 0.617. The first-order valence-corrected chi connectivity index (χ1v) is 5.96. The lowest BCUT2D eigenvalue weighted by Crippen LogP contribution is -2.05. The number of nitrogens with one attached hydrogen (secondary N) is 1. The zero-order valence-electron chi connectivity index (χ0n) is 9.61. The Hall–Kier alpha value is -1.56. The van der Waals surface area contributed by atoms with E-state index in [1.165, 1.54) is 0 Å². The van der Waals surface area contributed by atoms with Gasteiger partial charge in [0.15, 0.2) is 0 Å². The van der Waals surface area contributed by atoms with Gasteiger partial charge in [0, 0.05) is 12.3 Å². The van der Waals surface area contributed by atoms with E-state index < -0.39 is 0 Å². The highest BCUT2D eigenvalue weighted by Gasteiger charge is 2.00. The number of hydrogen-bond donors (Lipinski definition) is 1. The third-order valence-electron chi connectivity index (χ3n) is 2.09. The molecule has 0 spiro atoms. The molecule has 5 nitrogen and oxygen atoms in total. The number of rotatable bonds is 3. The molecule has 1 N–H and O–H groups in total. The maximum Gasteiger partial charge on any atom is 0.131 e. The average molecular weight is 294 g/mol. The van der Waals surface area contributed by atoms with Crippen LogP contribution in [0.3, 0.4) is 0 Å². The molecule has 0 aliphatic heterocycles. The summed E-state index contributed by atoms with van der Waals surface area (Å²) in [5.74, 6) is 2.27. The minimum Gasteiger partial charge on any atom is -0.364 e. The van der Waals surface area contributed by atoms with Crippen molar-refractivity contribution in [2.45, 2.75) is 20.4 Å². The normalized spacial score (nSPS) is 10.3. The van der Waals surface area contributed by atoms with Gasteiger partial charge in [0.2, 0.25) is 0 Å². The van der Waals surface area contributed by atoms with Crippen LogP contribution in [0.15, 0.2) is 22.9 Å². The van der Waals surface area contributed by atoms with E-state index in [1.807, 2.05) is 26.0 Å². The molecule has 0 aliphatic carbocycles. The quantitative estimate of drug-likeness (QED) is 0.880. The lowest BCUT2D eigenvalue weighted by Gasteiger charge is -2.06. The predicted molar refractivity (Wildman–Crippen MR) is 68.6 cm³/mol. The Morgan fingerprint density at radius 3 is 2.71 bits per heavy atom. The monoisotopic (exact) mass is 293 g/mol. The number of anilines is 1. The van der Waals surface area contributed by atoms with Crippen LogP contribution in [0.4, 0.5) is 5.82 Å². The van der Waals surface area contributed by atoms with Crippen LogP contribution in [0.1, 0.15) is 17.3 Å². The SMILES string of the molecule is Cc1nccc(CNc2cc(Br)nc(C)n2)n1. The number of hydrogen-bond acceptors (Lipinski definition) is 5. The van der Waals surface area contributed by atoms with Crippen molar-refractivity contribution >= 4 is 21.7 Å². The van der Waals surface area contributed by atoms with Crippen LogP contribution < -0.4 is 5.32 Å². The summed E-state index contributed by atoms with van der Waals surface area (Å²) in [6.45, 7) is 4.34. The Kier molecular flexibility index (Phi) is 3.63. The highest BCUT2D eigenvalue weighted by Crippen LogP contribution is 2.12. The van der Waals surface area contributed by atoms with E-state index in [-0.39, 0.29) is 0 Å². The Morgan fingerprint density at radius 1 is 1.18 bits per heavy atom.